The average molecular weight is 371 g/mol. The fourth-order valence-electron chi connectivity index (χ4n) is 1.69. The molecular formula is C13H13Br2N3. The third kappa shape index (κ3) is 3.09. The third-order valence-corrected chi connectivity index (χ3v) is 3.99. The molecule has 0 aliphatic rings. The van der Waals surface area contributed by atoms with Crippen LogP contribution in [0.2, 0.25) is 0 Å². The number of nitrogens with zero attached hydrogens (tertiary/aromatic N) is 2. The van der Waals surface area contributed by atoms with Crippen LogP contribution < -0.4 is 5.32 Å². The predicted octanol–water partition coefficient (Wildman–Crippen LogP) is 3.94. The van der Waals surface area contributed by atoms with Gasteiger partial charge < -0.3 is 5.32 Å². The molecule has 1 N–H and O–H groups in total. The zero-order valence-corrected chi connectivity index (χ0v) is 13.3. The molecule has 0 fully saturated rings. The summed E-state index contributed by atoms with van der Waals surface area (Å²) in [4.78, 5) is 8.99. The van der Waals surface area contributed by atoms with Gasteiger partial charge in [0.15, 0.2) is 0 Å². The normalized spacial score (nSPS) is 10.4. The zero-order valence-electron chi connectivity index (χ0n) is 10.2. The molecule has 1 aromatic carbocycles. The molecule has 2 aromatic rings. The molecule has 0 atom stereocenters. The molecule has 1 heterocycles. The van der Waals surface area contributed by atoms with Crippen molar-refractivity contribution in [2.45, 2.75) is 13.3 Å². The van der Waals surface area contributed by atoms with Crippen molar-refractivity contribution in [2.24, 2.45) is 0 Å². The Kier molecular flexibility index (Phi) is 4.35. The summed E-state index contributed by atoms with van der Waals surface area (Å²) in [5.41, 5.74) is 2.13. The lowest BCUT2D eigenvalue weighted by Gasteiger charge is -2.08. The first-order valence-corrected chi connectivity index (χ1v) is 7.14. The largest absolute Gasteiger partial charge is 0.372 e. The van der Waals surface area contributed by atoms with Crippen LogP contribution in [0.5, 0.6) is 0 Å². The molecule has 0 amide bonds. The summed E-state index contributed by atoms with van der Waals surface area (Å²) in [6, 6.07) is 8.19. The van der Waals surface area contributed by atoms with Crippen molar-refractivity contribution in [1.29, 1.82) is 0 Å². The molecule has 0 spiro atoms. The van der Waals surface area contributed by atoms with Crippen LogP contribution in [0, 0.1) is 6.92 Å². The SMILES string of the molecule is CNc1nc(Cc2cccc(Br)c2)nc(C)c1Br. The Balaban J connectivity index is 2.32. The summed E-state index contributed by atoms with van der Waals surface area (Å²) in [6.45, 7) is 1.97. The van der Waals surface area contributed by atoms with Gasteiger partial charge in [-0.05, 0) is 40.5 Å². The van der Waals surface area contributed by atoms with Gasteiger partial charge >= 0.3 is 0 Å². The number of rotatable bonds is 3. The molecular weight excluding hydrogens is 358 g/mol. The molecule has 0 radical (unpaired) electrons. The maximum atomic E-state index is 4.49. The Morgan fingerprint density at radius 2 is 2.00 bits per heavy atom. The lowest BCUT2D eigenvalue weighted by atomic mass is 10.1. The third-order valence-electron chi connectivity index (χ3n) is 2.55. The molecule has 0 saturated carbocycles. The zero-order chi connectivity index (χ0) is 13.1. The fourth-order valence-corrected chi connectivity index (χ4v) is 2.51. The summed E-state index contributed by atoms with van der Waals surface area (Å²) < 4.78 is 1.99. The number of halogens is 2. The van der Waals surface area contributed by atoms with Crippen molar-refractivity contribution in [1.82, 2.24) is 9.97 Å². The minimum atomic E-state index is 0.724. The van der Waals surface area contributed by atoms with Crippen molar-refractivity contribution in [3.8, 4) is 0 Å². The minimum Gasteiger partial charge on any atom is -0.372 e. The topological polar surface area (TPSA) is 37.8 Å². The molecule has 0 unspecified atom stereocenters. The molecule has 2 rings (SSSR count). The summed E-state index contributed by atoms with van der Waals surface area (Å²) in [5.74, 6) is 1.64. The van der Waals surface area contributed by atoms with Gasteiger partial charge in [-0.15, -0.1) is 0 Å². The maximum Gasteiger partial charge on any atom is 0.144 e. The van der Waals surface area contributed by atoms with Crippen LogP contribution in [0.4, 0.5) is 5.82 Å². The van der Waals surface area contributed by atoms with Crippen LogP contribution in [0.25, 0.3) is 0 Å². The summed E-state index contributed by atoms with van der Waals surface area (Å²) in [6.07, 6.45) is 0.724. The van der Waals surface area contributed by atoms with E-state index in [4.69, 9.17) is 0 Å². The predicted molar refractivity (Wildman–Crippen MR) is 81.0 cm³/mol. The van der Waals surface area contributed by atoms with E-state index < -0.39 is 0 Å². The van der Waals surface area contributed by atoms with Gasteiger partial charge in [0.1, 0.15) is 11.6 Å². The molecule has 0 aliphatic heterocycles. The van der Waals surface area contributed by atoms with Crippen LogP contribution in [0.1, 0.15) is 17.1 Å². The molecule has 0 bridgehead atoms. The Morgan fingerprint density at radius 3 is 2.67 bits per heavy atom. The van der Waals surface area contributed by atoms with E-state index in [0.29, 0.717) is 0 Å². The standard InChI is InChI=1S/C13H13Br2N3/c1-8-12(15)13(16-2)18-11(17-8)7-9-4-3-5-10(14)6-9/h3-6H,7H2,1-2H3,(H,16,17,18). The van der Waals surface area contributed by atoms with Gasteiger partial charge in [-0.25, -0.2) is 9.97 Å². The fraction of sp³-hybridized carbons (Fsp3) is 0.231. The van der Waals surface area contributed by atoms with E-state index in [9.17, 15) is 0 Å². The summed E-state index contributed by atoms with van der Waals surface area (Å²) >= 11 is 6.95. The Hall–Kier alpha value is -0.940. The van der Waals surface area contributed by atoms with Gasteiger partial charge in [-0.3, -0.25) is 0 Å². The molecule has 0 aliphatic carbocycles. The van der Waals surface area contributed by atoms with Crippen molar-refractivity contribution in [3.63, 3.8) is 0 Å². The Labute approximate surface area is 123 Å². The van der Waals surface area contributed by atoms with E-state index in [1.165, 1.54) is 5.56 Å². The van der Waals surface area contributed by atoms with Gasteiger partial charge in [0.05, 0.1) is 10.2 Å². The van der Waals surface area contributed by atoms with Gasteiger partial charge in [-0.2, -0.15) is 0 Å². The van der Waals surface area contributed by atoms with Crippen LogP contribution in [0.15, 0.2) is 33.2 Å². The highest BCUT2D eigenvalue weighted by Crippen LogP contribution is 2.23. The number of hydrogen-bond donors (Lipinski definition) is 1. The number of aryl methyl sites for hydroxylation is 1. The van der Waals surface area contributed by atoms with E-state index in [0.717, 1.165) is 32.7 Å². The lowest BCUT2D eigenvalue weighted by Crippen LogP contribution is -2.04. The first kappa shape index (κ1) is 13.5. The van der Waals surface area contributed by atoms with Crippen molar-refractivity contribution < 1.29 is 0 Å². The molecule has 1 aromatic heterocycles. The number of nitrogens with one attached hydrogen (secondary N) is 1. The smallest absolute Gasteiger partial charge is 0.144 e. The number of hydrogen-bond acceptors (Lipinski definition) is 3. The molecule has 5 heteroatoms. The van der Waals surface area contributed by atoms with Crippen LogP contribution in [-0.4, -0.2) is 17.0 Å². The van der Waals surface area contributed by atoms with Crippen LogP contribution in [-0.2, 0) is 6.42 Å². The van der Waals surface area contributed by atoms with Crippen LogP contribution in [0.3, 0.4) is 0 Å². The Morgan fingerprint density at radius 1 is 1.22 bits per heavy atom. The first-order chi connectivity index (χ1) is 8.60. The van der Waals surface area contributed by atoms with E-state index >= 15 is 0 Å². The summed E-state index contributed by atoms with van der Waals surface area (Å²) in [7, 11) is 1.86. The summed E-state index contributed by atoms with van der Waals surface area (Å²) in [5, 5.41) is 3.07. The van der Waals surface area contributed by atoms with Crippen LogP contribution >= 0.6 is 31.9 Å². The van der Waals surface area contributed by atoms with Gasteiger partial charge in [0.2, 0.25) is 0 Å². The molecule has 0 saturated heterocycles. The van der Waals surface area contributed by atoms with E-state index in [-0.39, 0.29) is 0 Å². The molecule has 94 valence electrons. The minimum absolute atomic E-state index is 0.724. The van der Waals surface area contributed by atoms with E-state index in [2.05, 4.69) is 59.3 Å². The van der Waals surface area contributed by atoms with E-state index in [1.54, 1.807) is 0 Å². The second-order valence-electron chi connectivity index (χ2n) is 3.94. The number of anilines is 1. The first-order valence-electron chi connectivity index (χ1n) is 5.55. The number of aromatic nitrogens is 2. The average Bonchev–Trinajstić information content (AvgIpc) is 2.33. The quantitative estimate of drug-likeness (QED) is 0.888. The van der Waals surface area contributed by atoms with Gasteiger partial charge in [0, 0.05) is 17.9 Å². The highest BCUT2D eigenvalue weighted by atomic mass is 79.9. The second kappa shape index (κ2) is 5.80. The van der Waals surface area contributed by atoms with Gasteiger partial charge in [-0.1, -0.05) is 28.1 Å². The monoisotopic (exact) mass is 369 g/mol. The molecule has 18 heavy (non-hydrogen) atoms. The molecule has 3 nitrogen and oxygen atoms in total. The van der Waals surface area contributed by atoms with Crippen molar-refractivity contribution in [3.05, 3.63) is 50.3 Å². The lowest BCUT2D eigenvalue weighted by molar-refractivity contribution is 0.936. The van der Waals surface area contributed by atoms with Gasteiger partial charge in [0.25, 0.3) is 0 Å². The second-order valence-corrected chi connectivity index (χ2v) is 5.65. The number of benzene rings is 1. The Bertz CT molecular complexity index is 570. The van der Waals surface area contributed by atoms with E-state index in [1.807, 2.05) is 26.1 Å². The van der Waals surface area contributed by atoms with Crippen molar-refractivity contribution >= 4 is 37.7 Å². The highest BCUT2D eigenvalue weighted by Gasteiger charge is 2.08. The van der Waals surface area contributed by atoms with Crippen molar-refractivity contribution in [2.75, 3.05) is 12.4 Å². The maximum absolute atomic E-state index is 4.49. The highest BCUT2D eigenvalue weighted by molar-refractivity contribution is 9.10.